The summed E-state index contributed by atoms with van der Waals surface area (Å²) in [5.41, 5.74) is 1.22. The molecule has 0 amide bonds. The van der Waals surface area contributed by atoms with Crippen LogP contribution in [0.15, 0.2) is 22.9 Å². The van der Waals surface area contributed by atoms with E-state index < -0.39 is 5.97 Å². The van der Waals surface area contributed by atoms with Crippen LogP contribution in [0.1, 0.15) is 12.1 Å². The van der Waals surface area contributed by atoms with Crippen LogP contribution in [0.4, 0.5) is 4.39 Å². The van der Waals surface area contributed by atoms with E-state index in [1.54, 1.807) is 6.20 Å². The summed E-state index contributed by atoms with van der Waals surface area (Å²) in [6, 6.07) is 1.32. The molecule has 0 bridgehead atoms. The molecule has 0 aliphatic carbocycles. The van der Waals surface area contributed by atoms with Crippen molar-refractivity contribution in [3.8, 4) is 0 Å². The molecule has 0 radical (unpaired) electrons. The van der Waals surface area contributed by atoms with E-state index in [0.29, 0.717) is 22.2 Å². The number of hydrogen-bond donors (Lipinski definition) is 1. The summed E-state index contributed by atoms with van der Waals surface area (Å²) in [5, 5.41) is 8.54. The maximum absolute atomic E-state index is 13.0. The zero-order valence-electron chi connectivity index (χ0n) is 8.15. The molecule has 2 rings (SSSR count). The summed E-state index contributed by atoms with van der Waals surface area (Å²) in [4.78, 5) is 14.6. The monoisotopic (exact) mass is 286 g/mol. The lowest BCUT2D eigenvalue weighted by atomic mass is 10.2. The molecule has 0 fully saturated rings. The SMILES string of the molecule is O=C(O)CCc1cn2cc(F)cc(Br)c2n1. The molecule has 2 aromatic heterocycles. The molecule has 84 valence electrons. The number of imidazole rings is 1. The van der Waals surface area contributed by atoms with E-state index in [0.717, 1.165) is 0 Å². The van der Waals surface area contributed by atoms with Crippen LogP contribution in [-0.2, 0) is 11.2 Å². The second-order valence-electron chi connectivity index (χ2n) is 3.36. The zero-order valence-corrected chi connectivity index (χ0v) is 9.74. The maximum Gasteiger partial charge on any atom is 0.303 e. The summed E-state index contributed by atoms with van der Waals surface area (Å²) < 4.78 is 15.1. The van der Waals surface area contributed by atoms with E-state index >= 15 is 0 Å². The fourth-order valence-electron chi connectivity index (χ4n) is 1.43. The highest BCUT2D eigenvalue weighted by Gasteiger charge is 2.08. The molecule has 0 atom stereocenters. The number of aromatic nitrogens is 2. The fourth-order valence-corrected chi connectivity index (χ4v) is 1.94. The summed E-state index contributed by atoms with van der Waals surface area (Å²) in [6.07, 6.45) is 3.29. The maximum atomic E-state index is 13.0. The van der Waals surface area contributed by atoms with Gasteiger partial charge >= 0.3 is 5.97 Å². The minimum Gasteiger partial charge on any atom is -0.481 e. The van der Waals surface area contributed by atoms with Crippen LogP contribution < -0.4 is 0 Å². The number of aryl methyl sites for hydroxylation is 1. The lowest BCUT2D eigenvalue weighted by Gasteiger charge is -1.95. The molecule has 0 saturated carbocycles. The van der Waals surface area contributed by atoms with E-state index in [1.807, 2.05) is 0 Å². The summed E-state index contributed by atoms with van der Waals surface area (Å²) >= 11 is 3.20. The van der Waals surface area contributed by atoms with Gasteiger partial charge in [0.25, 0.3) is 0 Å². The van der Waals surface area contributed by atoms with Gasteiger partial charge in [-0.15, -0.1) is 0 Å². The van der Waals surface area contributed by atoms with Crippen molar-refractivity contribution in [2.45, 2.75) is 12.8 Å². The third-order valence-electron chi connectivity index (χ3n) is 2.12. The lowest BCUT2D eigenvalue weighted by Crippen LogP contribution is -1.97. The van der Waals surface area contributed by atoms with Crippen molar-refractivity contribution in [2.24, 2.45) is 0 Å². The van der Waals surface area contributed by atoms with E-state index in [-0.39, 0.29) is 12.2 Å². The predicted molar refractivity (Wildman–Crippen MR) is 58.8 cm³/mol. The summed E-state index contributed by atoms with van der Waals surface area (Å²) in [6.45, 7) is 0. The number of carbonyl (C=O) groups is 1. The van der Waals surface area contributed by atoms with E-state index in [4.69, 9.17) is 5.11 Å². The zero-order chi connectivity index (χ0) is 11.7. The molecule has 0 aliphatic heterocycles. The Morgan fingerprint density at radius 1 is 1.56 bits per heavy atom. The first-order valence-corrected chi connectivity index (χ1v) is 5.40. The Bertz CT molecular complexity index is 553. The Labute approximate surface area is 98.9 Å². The normalized spacial score (nSPS) is 10.9. The Morgan fingerprint density at radius 3 is 3.00 bits per heavy atom. The van der Waals surface area contributed by atoms with Crippen molar-refractivity contribution >= 4 is 27.5 Å². The Kier molecular flexibility index (Phi) is 2.91. The van der Waals surface area contributed by atoms with Crippen LogP contribution in [0, 0.1) is 5.82 Å². The number of halogens is 2. The van der Waals surface area contributed by atoms with Crippen LogP contribution >= 0.6 is 15.9 Å². The standard InChI is InChI=1S/C10H8BrFN2O2/c11-8-3-6(12)4-14-5-7(13-10(8)14)1-2-9(15)16/h3-5H,1-2H2,(H,15,16). The number of carboxylic acid groups (broad SMARTS) is 1. The van der Waals surface area contributed by atoms with Gasteiger partial charge in [0.1, 0.15) is 5.82 Å². The van der Waals surface area contributed by atoms with E-state index in [1.165, 1.54) is 16.7 Å². The van der Waals surface area contributed by atoms with Crippen molar-refractivity contribution in [1.82, 2.24) is 9.38 Å². The molecule has 0 unspecified atom stereocenters. The van der Waals surface area contributed by atoms with Gasteiger partial charge < -0.3 is 9.51 Å². The van der Waals surface area contributed by atoms with Gasteiger partial charge in [0, 0.05) is 18.8 Å². The first kappa shape index (κ1) is 11.1. The van der Waals surface area contributed by atoms with Gasteiger partial charge in [-0.1, -0.05) is 0 Å². The highest BCUT2D eigenvalue weighted by molar-refractivity contribution is 9.10. The number of carboxylic acids is 1. The summed E-state index contributed by atoms with van der Waals surface area (Å²) in [5.74, 6) is -1.25. The van der Waals surface area contributed by atoms with Crippen LogP contribution in [0.25, 0.3) is 5.65 Å². The Hall–Kier alpha value is -1.43. The predicted octanol–water partition coefficient (Wildman–Crippen LogP) is 2.25. The topological polar surface area (TPSA) is 54.6 Å². The minimum atomic E-state index is -0.873. The van der Waals surface area contributed by atoms with Crippen molar-refractivity contribution < 1.29 is 14.3 Å². The van der Waals surface area contributed by atoms with Crippen LogP contribution in [0.5, 0.6) is 0 Å². The van der Waals surface area contributed by atoms with E-state index in [9.17, 15) is 9.18 Å². The number of hydrogen-bond acceptors (Lipinski definition) is 2. The second kappa shape index (κ2) is 4.21. The average Bonchev–Trinajstić information content (AvgIpc) is 2.57. The van der Waals surface area contributed by atoms with Crippen molar-refractivity contribution in [3.05, 3.63) is 34.4 Å². The molecule has 2 heterocycles. The number of nitrogens with zero attached hydrogens (tertiary/aromatic N) is 2. The molecule has 1 N–H and O–H groups in total. The van der Waals surface area contributed by atoms with Gasteiger partial charge in [-0.3, -0.25) is 4.79 Å². The molecule has 6 heteroatoms. The largest absolute Gasteiger partial charge is 0.481 e. The highest BCUT2D eigenvalue weighted by Crippen LogP contribution is 2.19. The van der Waals surface area contributed by atoms with Gasteiger partial charge in [0.2, 0.25) is 0 Å². The molecule has 2 aromatic rings. The number of pyridine rings is 1. The van der Waals surface area contributed by atoms with Crippen molar-refractivity contribution in [2.75, 3.05) is 0 Å². The van der Waals surface area contributed by atoms with Gasteiger partial charge in [-0.05, 0) is 22.0 Å². The Morgan fingerprint density at radius 2 is 2.31 bits per heavy atom. The minimum absolute atomic E-state index is 0.0178. The van der Waals surface area contributed by atoms with Crippen molar-refractivity contribution in [3.63, 3.8) is 0 Å². The van der Waals surface area contributed by atoms with E-state index in [2.05, 4.69) is 20.9 Å². The first-order valence-electron chi connectivity index (χ1n) is 4.60. The summed E-state index contributed by atoms with van der Waals surface area (Å²) in [7, 11) is 0. The van der Waals surface area contributed by atoms with Gasteiger partial charge in [0.05, 0.1) is 16.6 Å². The number of aliphatic carboxylic acids is 1. The quantitative estimate of drug-likeness (QED) is 0.942. The van der Waals surface area contributed by atoms with Crippen LogP contribution in [-0.4, -0.2) is 20.5 Å². The van der Waals surface area contributed by atoms with Crippen LogP contribution in [0.2, 0.25) is 0 Å². The second-order valence-corrected chi connectivity index (χ2v) is 4.22. The molecule has 16 heavy (non-hydrogen) atoms. The van der Waals surface area contributed by atoms with Gasteiger partial charge in [-0.25, -0.2) is 9.37 Å². The van der Waals surface area contributed by atoms with Crippen molar-refractivity contribution in [1.29, 1.82) is 0 Å². The number of fused-ring (bicyclic) bond motifs is 1. The molecular weight excluding hydrogens is 279 g/mol. The first-order chi connectivity index (χ1) is 7.56. The fraction of sp³-hybridized carbons (Fsp3) is 0.200. The highest BCUT2D eigenvalue weighted by atomic mass is 79.9. The molecule has 0 spiro atoms. The molecular formula is C10H8BrFN2O2. The van der Waals surface area contributed by atoms with Gasteiger partial charge in [0.15, 0.2) is 5.65 Å². The molecule has 0 aliphatic rings. The Balaban J connectivity index is 2.36. The van der Waals surface area contributed by atoms with Crippen LogP contribution in [0.3, 0.4) is 0 Å². The smallest absolute Gasteiger partial charge is 0.303 e. The lowest BCUT2D eigenvalue weighted by molar-refractivity contribution is -0.136. The molecule has 0 aromatic carbocycles. The average molecular weight is 287 g/mol. The molecule has 0 saturated heterocycles. The van der Waals surface area contributed by atoms with Gasteiger partial charge in [-0.2, -0.15) is 0 Å². The third-order valence-corrected chi connectivity index (χ3v) is 2.70. The molecule has 4 nitrogen and oxygen atoms in total. The number of rotatable bonds is 3. The third kappa shape index (κ3) is 2.21.